The zero-order valence-electron chi connectivity index (χ0n) is 7.61. The van der Waals surface area contributed by atoms with Crippen molar-refractivity contribution in [2.75, 3.05) is 13.1 Å². The highest BCUT2D eigenvalue weighted by Gasteiger charge is 2.17. The molecule has 0 aromatic heterocycles. The van der Waals surface area contributed by atoms with Crippen molar-refractivity contribution >= 4 is 5.91 Å². The third-order valence-electron chi connectivity index (χ3n) is 1.47. The van der Waals surface area contributed by atoms with Crippen molar-refractivity contribution in [2.45, 2.75) is 33.2 Å². The minimum Gasteiger partial charge on any atom is -0.351 e. The Morgan fingerprint density at radius 3 is 2.36 bits per heavy atom. The molecule has 1 saturated heterocycles. The van der Waals surface area contributed by atoms with Crippen LogP contribution in [0.1, 0.15) is 27.2 Å². The molecule has 1 amide bonds. The Morgan fingerprint density at radius 1 is 1.55 bits per heavy atom. The Balaban J connectivity index is 0.000000461. The molecule has 0 aromatic carbocycles. The van der Waals surface area contributed by atoms with Crippen LogP contribution in [0.4, 0.5) is 0 Å². The smallest absolute Gasteiger partial charge is 0.220 e. The van der Waals surface area contributed by atoms with Gasteiger partial charge in [0, 0.05) is 19.5 Å². The first kappa shape index (κ1) is 10.4. The van der Waals surface area contributed by atoms with Gasteiger partial charge in [-0.15, -0.1) is 0 Å². The van der Waals surface area contributed by atoms with Crippen molar-refractivity contribution in [1.29, 1.82) is 0 Å². The maximum Gasteiger partial charge on any atom is 0.220 e. The van der Waals surface area contributed by atoms with E-state index in [1.165, 1.54) is 0 Å². The van der Waals surface area contributed by atoms with E-state index in [1.54, 1.807) is 0 Å². The van der Waals surface area contributed by atoms with Gasteiger partial charge in [-0.1, -0.05) is 20.8 Å². The van der Waals surface area contributed by atoms with Gasteiger partial charge >= 0.3 is 0 Å². The third-order valence-corrected chi connectivity index (χ3v) is 1.47. The van der Waals surface area contributed by atoms with Crippen LogP contribution in [0.3, 0.4) is 0 Å². The molecule has 0 unspecified atom stereocenters. The second-order valence-electron chi connectivity index (χ2n) is 2.28. The molecule has 0 aliphatic carbocycles. The first-order chi connectivity index (χ1) is 5.33. The number of nitrogens with one attached hydrogen (secondary N) is 2. The molecule has 0 bridgehead atoms. The lowest BCUT2D eigenvalue weighted by Crippen LogP contribution is -2.56. The lowest BCUT2D eigenvalue weighted by Gasteiger charge is -2.27. The minimum atomic E-state index is 0.154. The molecule has 1 heterocycles. The lowest BCUT2D eigenvalue weighted by atomic mass is 10.2. The first-order valence-electron chi connectivity index (χ1n) is 4.33. The summed E-state index contributed by atoms with van der Waals surface area (Å²) in [5, 5.41) is 5.94. The van der Waals surface area contributed by atoms with Crippen LogP contribution in [0, 0.1) is 0 Å². The number of hydrogen-bond donors (Lipinski definition) is 2. The Kier molecular flexibility index (Phi) is 5.84. The van der Waals surface area contributed by atoms with E-state index in [0.717, 1.165) is 13.1 Å². The standard InChI is InChI=1S/C6H12N2O.C2H6/c1-2-6(9)8-5-3-7-4-5;1-2/h5,7H,2-4H2,1H3,(H,8,9);1-2H3. The molecule has 1 aliphatic rings. The van der Waals surface area contributed by atoms with Crippen molar-refractivity contribution in [3.8, 4) is 0 Å². The molecule has 1 rings (SSSR count). The molecule has 66 valence electrons. The van der Waals surface area contributed by atoms with E-state index in [0.29, 0.717) is 12.5 Å². The number of carbonyl (C=O) groups is 1. The molecule has 0 spiro atoms. The fourth-order valence-corrected chi connectivity index (χ4v) is 0.720. The summed E-state index contributed by atoms with van der Waals surface area (Å²) in [6, 6.07) is 0.400. The van der Waals surface area contributed by atoms with Gasteiger partial charge in [-0.3, -0.25) is 4.79 Å². The summed E-state index contributed by atoms with van der Waals surface area (Å²) in [5.41, 5.74) is 0. The zero-order chi connectivity index (χ0) is 8.69. The molecule has 1 fully saturated rings. The molecule has 0 radical (unpaired) electrons. The van der Waals surface area contributed by atoms with Gasteiger partial charge in [0.2, 0.25) is 5.91 Å². The van der Waals surface area contributed by atoms with Gasteiger partial charge in [-0.2, -0.15) is 0 Å². The van der Waals surface area contributed by atoms with Crippen LogP contribution in [-0.4, -0.2) is 25.0 Å². The van der Waals surface area contributed by atoms with Crippen LogP contribution in [0.2, 0.25) is 0 Å². The van der Waals surface area contributed by atoms with Crippen LogP contribution >= 0.6 is 0 Å². The quantitative estimate of drug-likeness (QED) is 0.615. The van der Waals surface area contributed by atoms with Crippen molar-refractivity contribution in [1.82, 2.24) is 10.6 Å². The lowest BCUT2D eigenvalue weighted by molar-refractivity contribution is -0.121. The summed E-state index contributed by atoms with van der Waals surface area (Å²) in [5.74, 6) is 0.154. The van der Waals surface area contributed by atoms with Crippen molar-refractivity contribution in [3.63, 3.8) is 0 Å². The third kappa shape index (κ3) is 3.98. The summed E-state index contributed by atoms with van der Waals surface area (Å²) in [4.78, 5) is 10.7. The van der Waals surface area contributed by atoms with E-state index in [1.807, 2.05) is 20.8 Å². The Hall–Kier alpha value is -0.570. The van der Waals surface area contributed by atoms with E-state index < -0.39 is 0 Å². The number of carbonyl (C=O) groups excluding carboxylic acids is 1. The summed E-state index contributed by atoms with van der Waals surface area (Å²) in [7, 11) is 0. The summed E-state index contributed by atoms with van der Waals surface area (Å²) in [6.07, 6.45) is 0.594. The number of hydrogen-bond acceptors (Lipinski definition) is 2. The number of amides is 1. The van der Waals surface area contributed by atoms with E-state index in [2.05, 4.69) is 10.6 Å². The monoisotopic (exact) mass is 158 g/mol. The fraction of sp³-hybridized carbons (Fsp3) is 0.875. The van der Waals surface area contributed by atoms with Crippen molar-refractivity contribution < 1.29 is 4.79 Å². The molecule has 3 heteroatoms. The molecule has 1 aliphatic heterocycles. The molecule has 0 saturated carbocycles. The SMILES string of the molecule is CC.CCC(=O)NC1CNC1. The van der Waals surface area contributed by atoms with Gasteiger partial charge in [0.25, 0.3) is 0 Å². The average Bonchev–Trinajstić information content (AvgIpc) is 2.00. The van der Waals surface area contributed by atoms with Gasteiger partial charge in [0.05, 0.1) is 6.04 Å². The average molecular weight is 158 g/mol. The molecular weight excluding hydrogens is 140 g/mol. The summed E-state index contributed by atoms with van der Waals surface area (Å²) in [6.45, 7) is 7.74. The fourth-order valence-electron chi connectivity index (χ4n) is 0.720. The Labute approximate surface area is 68.6 Å². The van der Waals surface area contributed by atoms with E-state index >= 15 is 0 Å². The largest absolute Gasteiger partial charge is 0.351 e. The van der Waals surface area contributed by atoms with Crippen LogP contribution in [0.15, 0.2) is 0 Å². The second kappa shape index (κ2) is 6.16. The zero-order valence-corrected chi connectivity index (χ0v) is 7.61. The molecule has 0 atom stereocenters. The number of rotatable bonds is 2. The van der Waals surface area contributed by atoms with Crippen molar-refractivity contribution in [2.24, 2.45) is 0 Å². The highest BCUT2D eigenvalue weighted by molar-refractivity contribution is 5.75. The highest BCUT2D eigenvalue weighted by atomic mass is 16.1. The Morgan fingerprint density at radius 2 is 2.09 bits per heavy atom. The minimum absolute atomic E-state index is 0.154. The predicted molar refractivity (Wildman–Crippen MR) is 46.4 cm³/mol. The van der Waals surface area contributed by atoms with E-state index in [4.69, 9.17) is 0 Å². The topological polar surface area (TPSA) is 41.1 Å². The van der Waals surface area contributed by atoms with E-state index in [9.17, 15) is 4.79 Å². The maximum atomic E-state index is 10.7. The predicted octanol–water partition coefficient (Wildman–Crippen LogP) is 0.511. The summed E-state index contributed by atoms with van der Waals surface area (Å²) < 4.78 is 0. The van der Waals surface area contributed by atoms with Gasteiger partial charge in [0.15, 0.2) is 0 Å². The van der Waals surface area contributed by atoms with Crippen molar-refractivity contribution in [3.05, 3.63) is 0 Å². The van der Waals surface area contributed by atoms with Gasteiger partial charge < -0.3 is 10.6 Å². The van der Waals surface area contributed by atoms with Gasteiger partial charge in [-0.05, 0) is 0 Å². The second-order valence-corrected chi connectivity index (χ2v) is 2.28. The molecular formula is C8H18N2O. The van der Waals surface area contributed by atoms with Crippen LogP contribution in [0.25, 0.3) is 0 Å². The first-order valence-corrected chi connectivity index (χ1v) is 4.33. The van der Waals surface area contributed by atoms with Crippen LogP contribution in [0.5, 0.6) is 0 Å². The normalized spacial score (nSPS) is 15.9. The summed E-state index contributed by atoms with van der Waals surface area (Å²) >= 11 is 0. The molecule has 2 N–H and O–H groups in total. The molecule has 3 nitrogen and oxygen atoms in total. The van der Waals surface area contributed by atoms with Gasteiger partial charge in [-0.25, -0.2) is 0 Å². The van der Waals surface area contributed by atoms with Gasteiger partial charge in [0.1, 0.15) is 0 Å². The molecule has 0 aromatic rings. The highest BCUT2D eigenvalue weighted by Crippen LogP contribution is 1.90. The molecule has 11 heavy (non-hydrogen) atoms. The van der Waals surface area contributed by atoms with Crippen LogP contribution in [-0.2, 0) is 4.79 Å². The van der Waals surface area contributed by atoms with E-state index in [-0.39, 0.29) is 5.91 Å². The van der Waals surface area contributed by atoms with Crippen LogP contribution < -0.4 is 10.6 Å². The Bertz CT molecular complexity index is 111. The maximum absolute atomic E-state index is 10.7.